The van der Waals surface area contributed by atoms with E-state index in [1.54, 1.807) is 6.07 Å². The van der Waals surface area contributed by atoms with Crippen molar-refractivity contribution in [2.24, 2.45) is 0 Å². The van der Waals surface area contributed by atoms with Crippen LogP contribution >= 0.6 is 23.1 Å². The normalized spacial score (nSPS) is 11.1. The molecule has 0 aliphatic heterocycles. The van der Waals surface area contributed by atoms with E-state index in [0.29, 0.717) is 26.3 Å². The van der Waals surface area contributed by atoms with Crippen LogP contribution in [0.5, 0.6) is 0 Å². The van der Waals surface area contributed by atoms with Gasteiger partial charge in [0.25, 0.3) is 0 Å². The summed E-state index contributed by atoms with van der Waals surface area (Å²) >= 11 is 2.66. The number of nitrogens with two attached hydrogens (primary N) is 1. The smallest absolute Gasteiger partial charge is 0.203 e. The van der Waals surface area contributed by atoms with E-state index in [1.807, 2.05) is 0 Å². The Hall–Kier alpha value is -1.93. The van der Waals surface area contributed by atoms with Gasteiger partial charge in [0, 0.05) is 22.9 Å². The lowest BCUT2D eigenvalue weighted by molar-refractivity contribution is 0.636. The lowest BCUT2D eigenvalue weighted by atomic mass is 10.2. The van der Waals surface area contributed by atoms with E-state index in [1.165, 1.54) is 41.3 Å². The van der Waals surface area contributed by atoms with Gasteiger partial charge < -0.3 is 10.7 Å². The number of pyridine rings is 1. The Labute approximate surface area is 121 Å². The number of thioether (sulfide) groups is 1. The highest BCUT2D eigenvalue weighted by molar-refractivity contribution is 8.00. The van der Waals surface area contributed by atoms with E-state index in [2.05, 4.69) is 15.2 Å². The molecule has 0 aliphatic rings. The maximum absolute atomic E-state index is 13.7. The third-order valence-electron chi connectivity index (χ3n) is 2.64. The van der Waals surface area contributed by atoms with Gasteiger partial charge in [0.05, 0.1) is 5.52 Å². The minimum absolute atomic E-state index is 0.203. The van der Waals surface area contributed by atoms with E-state index in [9.17, 15) is 9.18 Å². The van der Waals surface area contributed by atoms with Crippen molar-refractivity contribution in [2.45, 2.75) is 10.1 Å². The van der Waals surface area contributed by atoms with E-state index in [0.717, 1.165) is 0 Å². The molecule has 1 aromatic carbocycles. The second kappa shape index (κ2) is 5.22. The molecule has 3 aromatic rings. The van der Waals surface area contributed by atoms with Crippen LogP contribution in [-0.2, 0) is 5.75 Å². The molecule has 20 heavy (non-hydrogen) atoms. The van der Waals surface area contributed by atoms with Crippen LogP contribution in [0.25, 0.3) is 10.9 Å². The lowest BCUT2D eigenvalue weighted by Gasteiger charge is -2.03. The minimum Gasteiger partial charge on any atom is -0.374 e. The maximum atomic E-state index is 13.7. The van der Waals surface area contributed by atoms with Crippen LogP contribution in [0.1, 0.15) is 5.69 Å². The summed E-state index contributed by atoms with van der Waals surface area (Å²) in [5, 5.41) is 8.32. The summed E-state index contributed by atoms with van der Waals surface area (Å²) in [4.78, 5) is 14.9. The Morgan fingerprint density at radius 1 is 1.40 bits per heavy atom. The van der Waals surface area contributed by atoms with Gasteiger partial charge in [0.1, 0.15) is 5.82 Å². The number of nitrogen functional groups attached to an aromatic ring is 1. The van der Waals surface area contributed by atoms with Crippen molar-refractivity contribution in [3.8, 4) is 0 Å². The number of rotatable bonds is 3. The summed E-state index contributed by atoms with van der Waals surface area (Å²) in [6.07, 6.45) is 0. The molecule has 0 unspecified atom stereocenters. The number of fused-ring (bicyclic) bond motifs is 1. The highest BCUT2D eigenvalue weighted by Crippen LogP contribution is 2.26. The SMILES string of the molecule is Nc1nnc(SCc2cc(=O)c3cccc(F)c3[nH]2)s1. The molecule has 8 heteroatoms. The number of hydrogen-bond acceptors (Lipinski definition) is 6. The van der Waals surface area contributed by atoms with Gasteiger partial charge in [-0.25, -0.2) is 4.39 Å². The summed E-state index contributed by atoms with van der Waals surface area (Å²) in [5.41, 5.74) is 6.15. The number of para-hydroxylation sites is 1. The van der Waals surface area contributed by atoms with Crippen LogP contribution in [0.2, 0.25) is 0 Å². The van der Waals surface area contributed by atoms with Crippen molar-refractivity contribution in [1.82, 2.24) is 15.2 Å². The van der Waals surface area contributed by atoms with Crippen molar-refractivity contribution >= 4 is 39.1 Å². The average molecular weight is 308 g/mol. The van der Waals surface area contributed by atoms with Crippen molar-refractivity contribution in [1.29, 1.82) is 0 Å². The summed E-state index contributed by atoms with van der Waals surface area (Å²) in [7, 11) is 0. The van der Waals surface area contributed by atoms with E-state index in [-0.39, 0.29) is 10.9 Å². The number of nitrogens with zero attached hydrogens (tertiary/aromatic N) is 2. The molecule has 0 saturated carbocycles. The van der Waals surface area contributed by atoms with Crippen molar-refractivity contribution in [3.05, 3.63) is 46.0 Å². The Kier molecular flexibility index (Phi) is 3.41. The molecule has 102 valence electrons. The van der Waals surface area contributed by atoms with Crippen LogP contribution in [0, 0.1) is 5.82 Å². The monoisotopic (exact) mass is 308 g/mol. The third kappa shape index (κ3) is 2.52. The van der Waals surface area contributed by atoms with Crippen molar-refractivity contribution in [2.75, 3.05) is 5.73 Å². The second-order valence-corrected chi connectivity index (χ2v) is 6.25. The summed E-state index contributed by atoms with van der Waals surface area (Å²) < 4.78 is 14.4. The predicted molar refractivity (Wildman–Crippen MR) is 78.4 cm³/mol. The van der Waals surface area contributed by atoms with Gasteiger partial charge in [-0.1, -0.05) is 29.2 Å². The van der Waals surface area contributed by atoms with Crippen LogP contribution in [0.3, 0.4) is 0 Å². The zero-order chi connectivity index (χ0) is 14.1. The average Bonchev–Trinajstić information content (AvgIpc) is 2.84. The highest BCUT2D eigenvalue weighted by Gasteiger charge is 2.08. The molecular formula is C12H9FN4OS2. The Morgan fingerprint density at radius 3 is 3.00 bits per heavy atom. The first-order valence-electron chi connectivity index (χ1n) is 5.65. The van der Waals surface area contributed by atoms with Gasteiger partial charge in [-0.2, -0.15) is 0 Å². The summed E-state index contributed by atoms with van der Waals surface area (Å²) in [5.74, 6) is 0.0281. The largest absolute Gasteiger partial charge is 0.374 e. The molecule has 0 atom stereocenters. The van der Waals surface area contributed by atoms with Crippen LogP contribution < -0.4 is 11.2 Å². The molecule has 0 aliphatic carbocycles. The third-order valence-corrected chi connectivity index (χ3v) is 4.58. The summed E-state index contributed by atoms with van der Waals surface area (Å²) in [6, 6.07) is 5.91. The number of halogens is 1. The molecule has 5 nitrogen and oxygen atoms in total. The number of anilines is 1. The molecule has 3 N–H and O–H groups in total. The van der Waals surface area contributed by atoms with E-state index < -0.39 is 5.82 Å². The number of benzene rings is 1. The van der Waals surface area contributed by atoms with Crippen LogP contribution in [-0.4, -0.2) is 15.2 Å². The Bertz CT molecular complexity index is 830. The fraction of sp³-hybridized carbons (Fsp3) is 0.0833. The van der Waals surface area contributed by atoms with E-state index in [4.69, 9.17) is 5.73 Å². The zero-order valence-corrected chi connectivity index (χ0v) is 11.7. The van der Waals surface area contributed by atoms with Gasteiger partial charge in [0.2, 0.25) is 5.13 Å². The molecule has 0 fully saturated rings. The minimum atomic E-state index is -0.438. The van der Waals surface area contributed by atoms with Crippen molar-refractivity contribution in [3.63, 3.8) is 0 Å². The number of H-pyrrole nitrogens is 1. The van der Waals surface area contributed by atoms with Gasteiger partial charge in [0.15, 0.2) is 9.77 Å². The fourth-order valence-corrected chi connectivity index (χ4v) is 3.33. The number of nitrogens with one attached hydrogen (secondary N) is 1. The molecular weight excluding hydrogens is 299 g/mol. The fourth-order valence-electron chi connectivity index (χ4n) is 1.79. The first-order valence-corrected chi connectivity index (χ1v) is 7.46. The molecule has 0 spiro atoms. The summed E-state index contributed by atoms with van der Waals surface area (Å²) in [6.45, 7) is 0. The number of aromatic amines is 1. The quantitative estimate of drug-likeness (QED) is 0.726. The van der Waals surface area contributed by atoms with Gasteiger partial charge >= 0.3 is 0 Å². The van der Waals surface area contributed by atoms with E-state index >= 15 is 0 Å². The molecule has 2 aromatic heterocycles. The van der Waals surface area contributed by atoms with Crippen molar-refractivity contribution < 1.29 is 4.39 Å². The molecule has 0 saturated heterocycles. The predicted octanol–water partition coefficient (Wildman–Crippen LogP) is 2.39. The van der Waals surface area contributed by atoms with Gasteiger partial charge in [-0.3, -0.25) is 4.79 Å². The zero-order valence-electron chi connectivity index (χ0n) is 10.1. The standard InChI is InChI=1S/C12H9FN4OS2/c13-8-3-1-2-7-9(18)4-6(15-10(7)8)5-19-12-17-16-11(14)20-12/h1-4H,5H2,(H2,14,16)(H,15,18). The van der Waals surface area contributed by atoms with Crippen LogP contribution in [0.15, 0.2) is 33.4 Å². The topological polar surface area (TPSA) is 84.7 Å². The number of aromatic nitrogens is 3. The highest BCUT2D eigenvalue weighted by atomic mass is 32.2. The first-order chi connectivity index (χ1) is 9.63. The molecule has 0 amide bonds. The maximum Gasteiger partial charge on any atom is 0.203 e. The second-order valence-electron chi connectivity index (χ2n) is 4.02. The molecule has 3 rings (SSSR count). The molecule has 2 heterocycles. The Morgan fingerprint density at radius 2 is 2.25 bits per heavy atom. The Balaban J connectivity index is 1.92. The molecule has 0 radical (unpaired) electrons. The lowest BCUT2D eigenvalue weighted by Crippen LogP contribution is -2.05. The van der Waals surface area contributed by atoms with Crippen LogP contribution in [0.4, 0.5) is 9.52 Å². The first kappa shape index (κ1) is 13.1. The number of hydrogen-bond donors (Lipinski definition) is 2. The van der Waals surface area contributed by atoms with Gasteiger partial charge in [-0.05, 0) is 12.1 Å². The molecule has 0 bridgehead atoms. The van der Waals surface area contributed by atoms with Gasteiger partial charge in [-0.15, -0.1) is 10.2 Å².